The first-order valence-corrected chi connectivity index (χ1v) is 4.79. The smallest absolute Gasteiger partial charge is 0.0900 e. The van der Waals surface area contributed by atoms with Gasteiger partial charge in [-0.1, -0.05) is 0 Å². The molecule has 2 rings (SSSR count). The Morgan fingerprint density at radius 2 is 2.27 bits per heavy atom. The summed E-state index contributed by atoms with van der Waals surface area (Å²) < 4.78 is 4.03. The second kappa shape index (κ2) is 2.71. The van der Waals surface area contributed by atoms with Gasteiger partial charge in [0, 0.05) is 12.4 Å². The lowest BCUT2D eigenvalue weighted by molar-refractivity contribution is 1.30. The first-order chi connectivity index (χ1) is 5.36. The van der Waals surface area contributed by atoms with Crippen molar-refractivity contribution in [3.05, 3.63) is 23.5 Å². The lowest BCUT2D eigenvalue weighted by atomic mass is 10.4. The Kier molecular flexibility index (Phi) is 1.71. The molecule has 0 saturated carbocycles. The number of aromatic nitrogens is 2. The van der Waals surface area contributed by atoms with Crippen LogP contribution >= 0.6 is 22.9 Å². The molecule has 2 aromatic heterocycles. The van der Waals surface area contributed by atoms with E-state index in [0.717, 1.165) is 5.01 Å². The summed E-state index contributed by atoms with van der Waals surface area (Å²) >= 11 is 3.21. The van der Waals surface area contributed by atoms with Crippen LogP contribution < -0.4 is 0 Å². The number of aryl methyl sites for hydroxylation is 1. The maximum absolute atomic E-state index is 4.17. The van der Waals surface area contributed by atoms with Crippen molar-refractivity contribution in [3.8, 4) is 9.75 Å². The molecule has 0 saturated heterocycles. The average Bonchev–Trinajstić information content (AvgIpc) is 2.55. The lowest BCUT2D eigenvalue weighted by Crippen LogP contribution is -1.58. The van der Waals surface area contributed by atoms with Gasteiger partial charge in [0.05, 0.1) is 14.8 Å². The van der Waals surface area contributed by atoms with Gasteiger partial charge in [-0.25, -0.2) is 9.36 Å². The molecule has 4 heteroatoms. The molecule has 0 bridgehead atoms. The zero-order valence-electron chi connectivity index (χ0n) is 5.94. The summed E-state index contributed by atoms with van der Waals surface area (Å²) in [6.07, 6.45) is 3.71. The van der Waals surface area contributed by atoms with Gasteiger partial charge in [0.2, 0.25) is 0 Å². The average molecular weight is 182 g/mol. The van der Waals surface area contributed by atoms with Crippen molar-refractivity contribution in [1.29, 1.82) is 0 Å². The maximum Gasteiger partial charge on any atom is 0.0900 e. The third kappa shape index (κ3) is 1.32. The van der Waals surface area contributed by atoms with E-state index in [0.29, 0.717) is 0 Å². The lowest BCUT2D eigenvalue weighted by Gasteiger charge is -1.82. The van der Waals surface area contributed by atoms with Crippen LogP contribution in [0.25, 0.3) is 9.75 Å². The highest BCUT2D eigenvalue weighted by atomic mass is 32.1. The Morgan fingerprint density at radius 3 is 2.82 bits per heavy atom. The van der Waals surface area contributed by atoms with E-state index < -0.39 is 0 Å². The van der Waals surface area contributed by atoms with Crippen molar-refractivity contribution in [2.75, 3.05) is 0 Å². The fraction of sp³-hybridized carbons (Fsp3) is 0.143. The molecule has 0 aliphatic heterocycles. The van der Waals surface area contributed by atoms with Crippen LogP contribution in [0.3, 0.4) is 0 Å². The van der Waals surface area contributed by atoms with Crippen molar-refractivity contribution in [2.45, 2.75) is 6.92 Å². The largest absolute Gasteiger partial charge is 0.249 e. The molecule has 2 nitrogen and oxygen atoms in total. The summed E-state index contributed by atoms with van der Waals surface area (Å²) in [6.45, 7) is 2.01. The molecule has 56 valence electrons. The van der Waals surface area contributed by atoms with Crippen molar-refractivity contribution in [2.24, 2.45) is 0 Å². The number of hydrogen-bond acceptors (Lipinski definition) is 4. The fourth-order valence-electron chi connectivity index (χ4n) is 0.818. The Labute approximate surface area is 72.7 Å². The molecule has 2 heterocycles. The SMILES string of the molecule is Cc1ncc(-c2ccns2)s1. The van der Waals surface area contributed by atoms with Gasteiger partial charge in [-0.2, -0.15) is 0 Å². The molecule has 0 N–H and O–H groups in total. The second-order valence-electron chi connectivity index (χ2n) is 2.12. The molecular weight excluding hydrogens is 176 g/mol. The summed E-state index contributed by atoms with van der Waals surface area (Å²) in [5.41, 5.74) is 0. The topological polar surface area (TPSA) is 25.8 Å². The Hall–Kier alpha value is -0.740. The highest BCUT2D eigenvalue weighted by Gasteiger charge is 2.01. The minimum Gasteiger partial charge on any atom is -0.249 e. The molecule has 0 radical (unpaired) electrons. The standard InChI is InChI=1S/C7H6N2S2/c1-5-8-4-7(10-5)6-2-3-9-11-6/h2-4H,1H3. The van der Waals surface area contributed by atoms with Gasteiger partial charge < -0.3 is 0 Å². The van der Waals surface area contributed by atoms with Crippen LogP contribution in [-0.2, 0) is 0 Å². The summed E-state index contributed by atoms with van der Waals surface area (Å²) in [5.74, 6) is 0. The van der Waals surface area contributed by atoms with Gasteiger partial charge in [0.1, 0.15) is 0 Å². The van der Waals surface area contributed by atoms with Gasteiger partial charge in [0.15, 0.2) is 0 Å². The normalized spacial score (nSPS) is 10.3. The van der Waals surface area contributed by atoms with Crippen LogP contribution in [0.1, 0.15) is 5.01 Å². The van der Waals surface area contributed by atoms with Gasteiger partial charge in [0.25, 0.3) is 0 Å². The number of hydrogen-bond donors (Lipinski definition) is 0. The molecule has 0 aliphatic rings. The van der Waals surface area contributed by atoms with Crippen molar-refractivity contribution < 1.29 is 0 Å². The molecule has 11 heavy (non-hydrogen) atoms. The van der Waals surface area contributed by atoms with Crippen LogP contribution in [0, 0.1) is 6.92 Å². The Balaban J connectivity index is 2.45. The first-order valence-electron chi connectivity index (χ1n) is 3.20. The number of rotatable bonds is 1. The zero-order chi connectivity index (χ0) is 7.68. The zero-order valence-corrected chi connectivity index (χ0v) is 7.58. The van der Waals surface area contributed by atoms with Crippen LogP contribution in [0.2, 0.25) is 0 Å². The van der Waals surface area contributed by atoms with Crippen LogP contribution in [0.15, 0.2) is 18.5 Å². The van der Waals surface area contributed by atoms with E-state index in [4.69, 9.17) is 0 Å². The third-order valence-corrected chi connectivity index (χ3v) is 3.16. The third-order valence-electron chi connectivity index (χ3n) is 1.30. The quantitative estimate of drug-likeness (QED) is 0.677. The summed E-state index contributed by atoms with van der Waals surface area (Å²) in [6, 6.07) is 2.01. The molecule has 0 spiro atoms. The molecule has 0 aromatic carbocycles. The Morgan fingerprint density at radius 1 is 1.36 bits per heavy atom. The molecule has 0 fully saturated rings. The molecule has 0 amide bonds. The van der Waals surface area contributed by atoms with Crippen LogP contribution in [-0.4, -0.2) is 9.36 Å². The number of thiazole rings is 1. The molecule has 0 aliphatic carbocycles. The van der Waals surface area contributed by atoms with Crippen LogP contribution in [0.5, 0.6) is 0 Å². The van der Waals surface area contributed by atoms with E-state index in [2.05, 4.69) is 9.36 Å². The summed E-state index contributed by atoms with van der Waals surface area (Å²) in [7, 11) is 0. The molecule has 0 unspecified atom stereocenters. The van der Waals surface area contributed by atoms with E-state index in [1.54, 1.807) is 11.3 Å². The monoisotopic (exact) mass is 182 g/mol. The van der Waals surface area contributed by atoms with Gasteiger partial charge in [-0.15, -0.1) is 11.3 Å². The predicted octanol–water partition coefficient (Wildman–Crippen LogP) is 2.58. The fourth-order valence-corrected chi connectivity index (χ4v) is 2.25. The van der Waals surface area contributed by atoms with Gasteiger partial charge in [-0.05, 0) is 24.5 Å². The minimum atomic E-state index is 1.11. The minimum absolute atomic E-state index is 1.11. The highest BCUT2D eigenvalue weighted by molar-refractivity contribution is 7.19. The van der Waals surface area contributed by atoms with E-state index in [1.165, 1.54) is 21.3 Å². The predicted molar refractivity (Wildman–Crippen MR) is 48.0 cm³/mol. The Bertz CT molecular complexity index is 337. The van der Waals surface area contributed by atoms with Gasteiger partial charge >= 0.3 is 0 Å². The van der Waals surface area contributed by atoms with E-state index >= 15 is 0 Å². The molecular formula is C7H6N2S2. The van der Waals surface area contributed by atoms with Crippen molar-refractivity contribution >= 4 is 22.9 Å². The van der Waals surface area contributed by atoms with Gasteiger partial charge in [-0.3, -0.25) is 0 Å². The molecule has 2 aromatic rings. The van der Waals surface area contributed by atoms with Crippen molar-refractivity contribution in [1.82, 2.24) is 9.36 Å². The maximum atomic E-state index is 4.17. The van der Waals surface area contributed by atoms with E-state index in [1.807, 2.05) is 25.4 Å². The van der Waals surface area contributed by atoms with E-state index in [9.17, 15) is 0 Å². The summed E-state index contributed by atoms with van der Waals surface area (Å²) in [4.78, 5) is 6.59. The first kappa shape index (κ1) is 6.94. The van der Waals surface area contributed by atoms with E-state index in [-0.39, 0.29) is 0 Å². The van der Waals surface area contributed by atoms with Crippen molar-refractivity contribution in [3.63, 3.8) is 0 Å². The highest BCUT2D eigenvalue weighted by Crippen LogP contribution is 2.27. The second-order valence-corrected chi connectivity index (χ2v) is 4.19. The van der Waals surface area contributed by atoms with Crippen LogP contribution in [0.4, 0.5) is 0 Å². The molecule has 0 atom stereocenters. The number of nitrogens with zero attached hydrogens (tertiary/aromatic N) is 2. The summed E-state index contributed by atoms with van der Waals surface area (Å²) in [5, 5.41) is 1.11.